The summed E-state index contributed by atoms with van der Waals surface area (Å²) in [6, 6.07) is 0. The maximum atomic E-state index is 10.9. The van der Waals surface area contributed by atoms with E-state index in [-0.39, 0.29) is 6.79 Å². The van der Waals surface area contributed by atoms with Gasteiger partial charge in [-0.2, -0.15) is 0 Å². The van der Waals surface area contributed by atoms with E-state index in [0.717, 1.165) is 25.5 Å². The number of hydrogen-bond donors (Lipinski definition) is 0. The number of carbonyl (C=O) groups excluding carboxylic acids is 1. The van der Waals surface area contributed by atoms with Crippen LogP contribution in [0.2, 0.25) is 0 Å². The molecule has 0 atom stereocenters. The zero-order valence-electron chi connectivity index (χ0n) is 15.5. The Morgan fingerprint density at radius 1 is 0.783 bits per heavy atom. The molecule has 23 heavy (non-hydrogen) atoms. The van der Waals surface area contributed by atoms with E-state index in [9.17, 15) is 4.79 Å². The van der Waals surface area contributed by atoms with Crippen LogP contribution in [0.3, 0.4) is 0 Å². The lowest BCUT2D eigenvalue weighted by molar-refractivity contribution is -0.111. The minimum absolute atomic E-state index is 0.190. The first-order valence-corrected chi connectivity index (χ1v) is 9.71. The second-order valence-electron chi connectivity index (χ2n) is 6.22. The predicted molar refractivity (Wildman–Crippen MR) is 97.4 cm³/mol. The molecule has 0 heterocycles. The van der Waals surface area contributed by atoms with Gasteiger partial charge in [0, 0.05) is 0 Å². The molecule has 0 bridgehead atoms. The van der Waals surface area contributed by atoms with Gasteiger partial charge in [0.05, 0.1) is 6.61 Å². The Labute approximate surface area is 143 Å². The third-order valence-corrected chi connectivity index (χ3v) is 3.97. The minimum Gasteiger partial charge on any atom is -0.464 e. The third kappa shape index (κ3) is 17.4. The number of allylic oxidation sites excluding steroid dienone is 2. The van der Waals surface area contributed by atoms with Gasteiger partial charge in [-0.3, -0.25) is 4.79 Å². The van der Waals surface area contributed by atoms with Gasteiger partial charge in [-0.25, -0.2) is 0 Å². The van der Waals surface area contributed by atoms with E-state index in [1.165, 1.54) is 64.2 Å². The number of hydrogen-bond acceptors (Lipinski definition) is 3. The molecular formula is C20H38O3. The summed E-state index contributed by atoms with van der Waals surface area (Å²) in [5, 5.41) is 0. The molecule has 0 aromatic carbocycles. The highest BCUT2D eigenvalue weighted by atomic mass is 16.7. The molecular weight excluding hydrogens is 288 g/mol. The van der Waals surface area contributed by atoms with Crippen LogP contribution in [0.15, 0.2) is 11.8 Å². The highest BCUT2D eigenvalue weighted by Crippen LogP contribution is 2.09. The molecule has 0 rings (SSSR count). The van der Waals surface area contributed by atoms with Crippen molar-refractivity contribution in [3.63, 3.8) is 0 Å². The van der Waals surface area contributed by atoms with Gasteiger partial charge in [-0.05, 0) is 25.3 Å². The Kier molecular flexibility index (Phi) is 18.5. The molecule has 0 unspecified atom stereocenters. The molecule has 0 saturated carbocycles. The fraction of sp³-hybridized carbons (Fsp3) is 0.850. The van der Waals surface area contributed by atoms with Crippen molar-refractivity contribution in [1.29, 1.82) is 0 Å². The monoisotopic (exact) mass is 326 g/mol. The molecule has 136 valence electrons. The van der Waals surface area contributed by atoms with Crippen molar-refractivity contribution >= 4 is 6.29 Å². The molecule has 0 spiro atoms. The lowest BCUT2D eigenvalue weighted by Crippen LogP contribution is -2.02. The van der Waals surface area contributed by atoms with E-state index in [2.05, 4.69) is 13.8 Å². The van der Waals surface area contributed by atoms with Gasteiger partial charge in [0.2, 0.25) is 0 Å². The molecule has 0 amide bonds. The lowest BCUT2D eigenvalue weighted by atomic mass is 10.1. The van der Waals surface area contributed by atoms with Crippen LogP contribution in [0.4, 0.5) is 0 Å². The van der Waals surface area contributed by atoms with E-state index in [0.29, 0.717) is 12.4 Å². The fourth-order valence-electron chi connectivity index (χ4n) is 2.46. The summed E-state index contributed by atoms with van der Waals surface area (Å²) in [4.78, 5) is 10.9. The molecule has 0 aliphatic carbocycles. The smallest absolute Gasteiger partial charge is 0.189 e. The number of unbranched alkanes of at least 4 members (excludes halogenated alkanes) is 11. The van der Waals surface area contributed by atoms with E-state index < -0.39 is 0 Å². The topological polar surface area (TPSA) is 35.5 Å². The summed E-state index contributed by atoms with van der Waals surface area (Å²) in [5.41, 5.74) is 0. The highest BCUT2D eigenvalue weighted by Gasteiger charge is 1.97. The van der Waals surface area contributed by atoms with E-state index >= 15 is 0 Å². The van der Waals surface area contributed by atoms with E-state index in [1.54, 1.807) is 0 Å². The van der Waals surface area contributed by atoms with Crippen LogP contribution in [0.25, 0.3) is 0 Å². The van der Waals surface area contributed by atoms with Crippen molar-refractivity contribution < 1.29 is 14.3 Å². The largest absolute Gasteiger partial charge is 0.464 e. The summed E-state index contributed by atoms with van der Waals surface area (Å²) in [5.74, 6) is 0.418. The van der Waals surface area contributed by atoms with Gasteiger partial charge in [0.1, 0.15) is 0 Å². The normalized spacial score (nSPS) is 11.7. The SMILES string of the molecule is CCCCCCCCCC=C(C=O)OCOCCCCCCC. The van der Waals surface area contributed by atoms with Gasteiger partial charge in [-0.1, -0.05) is 78.1 Å². The average molecular weight is 327 g/mol. The summed E-state index contributed by atoms with van der Waals surface area (Å²) in [7, 11) is 0. The van der Waals surface area contributed by atoms with Crippen LogP contribution in [0, 0.1) is 0 Å². The van der Waals surface area contributed by atoms with Gasteiger partial charge in [0.15, 0.2) is 18.8 Å². The molecule has 0 saturated heterocycles. The first-order chi connectivity index (χ1) is 11.3. The highest BCUT2D eigenvalue weighted by molar-refractivity contribution is 5.69. The molecule has 0 radical (unpaired) electrons. The number of aldehydes is 1. The number of ether oxygens (including phenoxy) is 2. The van der Waals surface area contributed by atoms with Gasteiger partial charge < -0.3 is 9.47 Å². The minimum atomic E-state index is 0.190. The lowest BCUT2D eigenvalue weighted by Gasteiger charge is -2.07. The van der Waals surface area contributed by atoms with E-state index in [1.807, 2.05) is 6.08 Å². The molecule has 0 N–H and O–H groups in total. The quantitative estimate of drug-likeness (QED) is 0.0993. The summed E-state index contributed by atoms with van der Waals surface area (Å²) >= 11 is 0. The van der Waals surface area contributed by atoms with Crippen LogP contribution >= 0.6 is 0 Å². The zero-order chi connectivity index (χ0) is 17.0. The average Bonchev–Trinajstić information content (AvgIpc) is 2.57. The Bertz CT molecular complexity index is 274. The van der Waals surface area contributed by atoms with E-state index in [4.69, 9.17) is 9.47 Å². The van der Waals surface area contributed by atoms with Crippen molar-refractivity contribution in [2.24, 2.45) is 0 Å². The van der Waals surface area contributed by atoms with Gasteiger partial charge in [-0.15, -0.1) is 0 Å². The second-order valence-corrected chi connectivity index (χ2v) is 6.22. The molecule has 0 aromatic rings. The number of carbonyl (C=O) groups is 1. The van der Waals surface area contributed by atoms with Gasteiger partial charge in [0.25, 0.3) is 0 Å². The zero-order valence-corrected chi connectivity index (χ0v) is 15.5. The Morgan fingerprint density at radius 2 is 1.35 bits per heavy atom. The maximum Gasteiger partial charge on any atom is 0.189 e. The molecule has 0 fully saturated rings. The molecule has 3 heteroatoms. The standard InChI is InChI=1S/C20H38O3/c1-3-5-7-9-10-11-12-14-16-20(18-21)23-19-22-17-15-13-8-6-4-2/h16,18H,3-15,17,19H2,1-2H3. The molecule has 0 aliphatic heterocycles. The third-order valence-electron chi connectivity index (χ3n) is 3.97. The second kappa shape index (κ2) is 19.2. The Morgan fingerprint density at radius 3 is 1.96 bits per heavy atom. The Balaban J connectivity index is 3.44. The van der Waals surface area contributed by atoms with Crippen LogP contribution in [0.5, 0.6) is 0 Å². The van der Waals surface area contributed by atoms with Crippen LogP contribution in [0.1, 0.15) is 97.3 Å². The van der Waals surface area contributed by atoms with Crippen molar-refractivity contribution in [3.05, 3.63) is 11.8 Å². The van der Waals surface area contributed by atoms with Crippen LogP contribution < -0.4 is 0 Å². The first kappa shape index (κ1) is 22.2. The summed E-state index contributed by atoms with van der Waals surface area (Å²) in [6.45, 7) is 5.36. The summed E-state index contributed by atoms with van der Waals surface area (Å²) in [6.07, 6.45) is 18.7. The molecule has 0 aliphatic rings. The Hall–Kier alpha value is -0.830. The maximum absolute atomic E-state index is 10.9. The fourth-order valence-corrected chi connectivity index (χ4v) is 2.46. The number of rotatable bonds is 18. The van der Waals surface area contributed by atoms with Crippen LogP contribution in [-0.2, 0) is 14.3 Å². The molecule has 3 nitrogen and oxygen atoms in total. The van der Waals surface area contributed by atoms with Crippen molar-refractivity contribution in [2.45, 2.75) is 97.3 Å². The van der Waals surface area contributed by atoms with Crippen LogP contribution in [-0.4, -0.2) is 19.7 Å². The molecule has 0 aromatic heterocycles. The van der Waals surface area contributed by atoms with Crippen molar-refractivity contribution in [2.75, 3.05) is 13.4 Å². The van der Waals surface area contributed by atoms with Crippen molar-refractivity contribution in [3.8, 4) is 0 Å². The van der Waals surface area contributed by atoms with Gasteiger partial charge >= 0.3 is 0 Å². The summed E-state index contributed by atoms with van der Waals surface area (Å²) < 4.78 is 10.8. The predicted octanol–water partition coefficient (Wildman–Crippen LogP) is 6.17. The first-order valence-electron chi connectivity index (χ1n) is 9.71. The van der Waals surface area contributed by atoms with Crippen molar-refractivity contribution in [1.82, 2.24) is 0 Å².